The molecule has 1 aliphatic heterocycles. The van der Waals surface area contributed by atoms with E-state index in [1.807, 2.05) is 6.07 Å². The second kappa shape index (κ2) is 7.97. The standard InChI is InChI=1S/C21H18ClFN2O2S/c22-20-10-13(12-28-20)9-19(26)21(27)25-7-4-14(5-8-25)16-3-6-24-18-2-1-15(23)11-17(16)18/h1-3,6,10-12,14H,4-5,7-9H2. The maximum Gasteiger partial charge on any atom is 0.290 e. The van der Waals surface area contributed by atoms with E-state index in [0.29, 0.717) is 17.4 Å². The molecule has 1 amide bonds. The summed E-state index contributed by atoms with van der Waals surface area (Å²) in [5, 5.41) is 2.62. The monoisotopic (exact) mass is 416 g/mol. The first kappa shape index (κ1) is 19.0. The number of piperidine rings is 1. The van der Waals surface area contributed by atoms with Crippen molar-refractivity contribution in [2.45, 2.75) is 25.2 Å². The molecule has 0 saturated carbocycles. The number of Topliss-reactive ketones (excluding diaryl/α,β-unsaturated/α-hetero) is 1. The number of benzene rings is 1. The Morgan fingerprint density at radius 2 is 2.00 bits per heavy atom. The van der Waals surface area contributed by atoms with E-state index in [4.69, 9.17) is 11.6 Å². The molecule has 2 aromatic heterocycles. The number of likely N-dealkylation sites (tertiary alicyclic amines) is 1. The van der Waals surface area contributed by atoms with E-state index in [2.05, 4.69) is 4.98 Å². The summed E-state index contributed by atoms with van der Waals surface area (Å²) >= 11 is 7.23. The van der Waals surface area contributed by atoms with Crippen LogP contribution in [0.5, 0.6) is 0 Å². The highest BCUT2D eigenvalue weighted by Gasteiger charge is 2.28. The Bertz CT molecular complexity index is 1040. The number of fused-ring (bicyclic) bond motifs is 1. The Hall–Kier alpha value is -2.31. The molecule has 1 aliphatic rings. The Morgan fingerprint density at radius 3 is 2.71 bits per heavy atom. The second-order valence-corrected chi connectivity index (χ2v) is 8.53. The maximum atomic E-state index is 13.7. The third-order valence-electron chi connectivity index (χ3n) is 5.18. The largest absolute Gasteiger partial charge is 0.336 e. The quantitative estimate of drug-likeness (QED) is 0.584. The van der Waals surface area contributed by atoms with Crippen LogP contribution in [-0.4, -0.2) is 34.7 Å². The summed E-state index contributed by atoms with van der Waals surface area (Å²) in [6, 6.07) is 8.26. The van der Waals surface area contributed by atoms with Crippen LogP contribution in [0.4, 0.5) is 4.39 Å². The van der Waals surface area contributed by atoms with Crippen molar-refractivity contribution in [3.63, 3.8) is 0 Å². The summed E-state index contributed by atoms with van der Waals surface area (Å²) in [5.41, 5.74) is 2.59. The minimum atomic E-state index is -0.439. The normalized spacial score (nSPS) is 15.1. The van der Waals surface area contributed by atoms with E-state index < -0.39 is 11.7 Å². The molecule has 0 N–H and O–H groups in total. The summed E-state index contributed by atoms with van der Waals surface area (Å²) in [7, 11) is 0. The highest BCUT2D eigenvalue weighted by atomic mass is 35.5. The SMILES string of the molecule is O=C(Cc1csc(Cl)c1)C(=O)N1CCC(c2ccnc3ccc(F)cc23)CC1. The van der Waals surface area contributed by atoms with Crippen molar-refractivity contribution in [3.8, 4) is 0 Å². The van der Waals surface area contributed by atoms with Crippen molar-refractivity contribution in [1.29, 1.82) is 0 Å². The van der Waals surface area contributed by atoms with Gasteiger partial charge in [0.2, 0.25) is 5.78 Å². The maximum absolute atomic E-state index is 13.7. The number of rotatable bonds is 4. The summed E-state index contributed by atoms with van der Waals surface area (Å²) in [5.74, 6) is -0.925. The fourth-order valence-corrected chi connectivity index (χ4v) is 4.67. The first-order chi connectivity index (χ1) is 13.5. The van der Waals surface area contributed by atoms with Crippen LogP contribution in [0, 0.1) is 5.82 Å². The van der Waals surface area contributed by atoms with Gasteiger partial charge in [0.25, 0.3) is 5.91 Å². The fourth-order valence-electron chi connectivity index (χ4n) is 3.77. The molecule has 3 heterocycles. The fraction of sp³-hybridized carbons (Fsp3) is 0.286. The molecule has 0 spiro atoms. The molecule has 1 saturated heterocycles. The summed E-state index contributed by atoms with van der Waals surface area (Å²) < 4.78 is 14.3. The molecule has 0 bridgehead atoms. The Balaban J connectivity index is 1.43. The van der Waals surface area contributed by atoms with E-state index in [1.165, 1.54) is 23.5 Å². The molecule has 0 radical (unpaired) electrons. The van der Waals surface area contributed by atoms with Crippen LogP contribution >= 0.6 is 22.9 Å². The predicted octanol–water partition coefficient (Wildman–Crippen LogP) is 4.61. The summed E-state index contributed by atoms with van der Waals surface area (Å²) in [6.07, 6.45) is 3.29. The molecule has 144 valence electrons. The van der Waals surface area contributed by atoms with Gasteiger partial charge in [-0.25, -0.2) is 4.39 Å². The molecule has 3 aromatic rings. The van der Waals surface area contributed by atoms with Crippen molar-refractivity contribution >= 4 is 45.5 Å². The number of pyridine rings is 1. The smallest absolute Gasteiger partial charge is 0.290 e. The van der Waals surface area contributed by atoms with Gasteiger partial charge in [-0.05, 0) is 65.6 Å². The first-order valence-corrected chi connectivity index (χ1v) is 10.4. The van der Waals surface area contributed by atoms with Crippen LogP contribution in [0.2, 0.25) is 4.34 Å². The lowest BCUT2D eigenvalue weighted by molar-refractivity contribution is -0.145. The molecule has 0 unspecified atom stereocenters. The van der Waals surface area contributed by atoms with E-state index in [-0.39, 0.29) is 18.2 Å². The van der Waals surface area contributed by atoms with E-state index in [0.717, 1.165) is 34.9 Å². The van der Waals surface area contributed by atoms with Crippen molar-refractivity contribution < 1.29 is 14.0 Å². The molecular weight excluding hydrogens is 399 g/mol. The number of halogens is 2. The van der Waals surface area contributed by atoms with E-state index in [1.54, 1.807) is 28.6 Å². The average Bonchev–Trinajstić information content (AvgIpc) is 3.11. The number of nitrogens with zero attached hydrogens (tertiary/aromatic N) is 2. The molecule has 1 aromatic carbocycles. The zero-order valence-corrected chi connectivity index (χ0v) is 16.6. The molecule has 4 nitrogen and oxygen atoms in total. The van der Waals surface area contributed by atoms with Gasteiger partial charge in [-0.2, -0.15) is 0 Å². The van der Waals surface area contributed by atoms with Gasteiger partial charge in [0.05, 0.1) is 9.85 Å². The van der Waals surface area contributed by atoms with Crippen LogP contribution in [0.1, 0.15) is 29.9 Å². The van der Waals surface area contributed by atoms with Gasteiger partial charge in [0.15, 0.2) is 0 Å². The molecule has 0 aliphatic carbocycles. The number of hydrogen-bond donors (Lipinski definition) is 0. The Labute approximate surface area is 170 Å². The number of aromatic nitrogens is 1. The minimum Gasteiger partial charge on any atom is -0.336 e. The zero-order chi connectivity index (χ0) is 19.7. The van der Waals surface area contributed by atoms with Gasteiger partial charge < -0.3 is 4.90 Å². The minimum absolute atomic E-state index is 0.0796. The molecule has 1 fully saturated rings. The number of amides is 1. The molecule has 28 heavy (non-hydrogen) atoms. The van der Waals surface area contributed by atoms with Gasteiger partial charge in [0, 0.05) is 31.1 Å². The third-order valence-corrected chi connectivity index (χ3v) is 6.32. The third kappa shape index (κ3) is 3.93. The van der Waals surface area contributed by atoms with Crippen molar-refractivity contribution in [2.75, 3.05) is 13.1 Å². The predicted molar refractivity (Wildman–Crippen MR) is 108 cm³/mol. The number of thiophene rings is 1. The highest BCUT2D eigenvalue weighted by Crippen LogP contribution is 2.33. The number of carbonyl (C=O) groups is 2. The summed E-state index contributed by atoms with van der Waals surface area (Å²) in [4.78, 5) is 30.7. The Kier molecular flexibility index (Phi) is 5.42. The van der Waals surface area contributed by atoms with Crippen LogP contribution in [0.25, 0.3) is 10.9 Å². The number of carbonyl (C=O) groups excluding carboxylic acids is 2. The molecule has 0 atom stereocenters. The lowest BCUT2D eigenvalue weighted by atomic mass is 9.87. The molecule has 4 rings (SSSR count). The van der Waals surface area contributed by atoms with Crippen LogP contribution in [-0.2, 0) is 16.0 Å². The first-order valence-electron chi connectivity index (χ1n) is 9.10. The van der Waals surface area contributed by atoms with E-state index in [9.17, 15) is 14.0 Å². The van der Waals surface area contributed by atoms with Gasteiger partial charge in [-0.1, -0.05) is 11.6 Å². The summed E-state index contributed by atoms with van der Waals surface area (Å²) in [6.45, 7) is 1.03. The molecular formula is C21H18ClFN2O2S. The van der Waals surface area contributed by atoms with Gasteiger partial charge in [-0.15, -0.1) is 11.3 Å². The topological polar surface area (TPSA) is 50.3 Å². The average molecular weight is 417 g/mol. The number of ketones is 1. The lowest BCUT2D eigenvalue weighted by Crippen LogP contribution is -2.42. The van der Waals surface area contributed by atoms with Crippen molar-refractivity contribution in [3.05, 3.63) is 63.2 Å². The highest BCUT2D eigenvalue weighted by molar-refractivity contribution is 7.14. The van der Waals surface area contributed by atoms with Crippen LogP contribution < -0.4 is 0 Å². The van der Waals surface area contributed by atoms with Gasteiger partial charge >= 0.3 is 0 Å². The van der Waals surface area contributed by atoms with Gasteiger partial charge in [0.1, 0.15) is 5.82 Å². The number of hydrogen-bond acceptors (Lipinski definition) is 4. The van der Waals surface area contributed by atoms with E-state index >= 15 is 0 Å². The molecule has 7 heteroatoms. The zero-order valence-electron chi connectivity index (χ0n) is 15.0. The lowest BCUT2D eigenvalue weighted by Gasteiger charge is -2.32. The van der Waals surface area contributed by atoms with Crippen LogP contribution in [0.15, 0.2) is 41.9 Å². The van der Waals surface area contributed by atoms with Crippen LogP contribution in [0.3, 0.4) is 0 Å². The second-order valence-electron chi connectivity index (χ2n) is 6.99. The Morgan fingerprint density at radius 1 is 1.21 bits per heavy atom. The van der Waals surface area contributed by atoms with Crippen molar-refractivity contribution in [1.82, 2.24) is 9.88 Å². The van der Waals surface area contributed by atoms with Crippen molar-refractivity contribution in [2.24, 2.45) is 0 Å². The van der Waals surface area contributed by atoms with Gasteiger partial charge in [-0.3, -0.25) is 14.6 Å².